The second kappa shape index (κ2) is 8.21. The fraction of sp³-hybridized carbons (Fsp3) is 0.350. The minimum atomic E-state index is -1.19. The van der Waals surface area contributed by atoms with Crippen molar-refractivity contribution in [3.05, 3.63) is 48.0 Å². The highest BCUT2D eigenvalue weighted by atomic mass is 32.2. The van der Waals surface area contributed by atoms with E-state index in [1.165, 1.54) is 11.8 Å². The second-order valence-corrected chi connectivity index (χ2v) is 7.89. The van der Waals surface area contributed by atoms with Gasteiger partial charge in [0.1, 0.15) is 17.6 Å². The molecular weight excluding hydrogens is 364 g/mol. The molecule has 1 amide bonds. The third-order valence-electron chi connectivity index (χ3n) is 4.51. The van der Waals surface area contributed by atoms with Crippen LogP contribution in [0.2, 0.25) is 0 Å². The molecule has 1 heterocycles. The summed E-state index contributed by atoms with van der Waals surface area (Å²) >= 11 is 1.38. The molecule has 0 saturated heterocycles. The first-order chi connectivity index (χ1) is 12.9. The fourth-order valence-electron chi connectivity index (χ4n) is 3.00. The number of amides is 1. The van der Waals surface area contributed by atoms with Crippen LogP contribution in [0.25, 0.3) is 0 Å². The van der Waals surface area contributed by atoms with Crippen LogP contribution in [-0.4, -0.2) is 61.4 Å². The number of aliphatic hydroxyl groups is 1. The van der Waals surface area contributed by atoms with Crippen LogP contribution >= 0.6 is 11.8 Å². The highest BCUT2D eigenvalue weighted by molar-refractivity contribution is 7.99. The molecule has 0 saturated carbocycles. The zero-order valence-electron chi connectivity index (χ0n) is 15.6. The molecule has 7 heteroatoms. The molecule has 1 aliphatic heterocycles. The average molecular weight is 388 g/mol. The maximum Gasteiger partial charge on any atom is 0.257 e. The van der Waals surface area contributed by atoms with E-state index < -0.39 is 11.4 Å². The Morgan fingerprint density at radius 3 is 2.52 bits per heavy atom. The topological polar surface area (TPSA) is 73.2 Å². The van der Waals surface area contributed by atoms with Gasteiger partial charge in [-0.15, -0.1) is 11.8 Å². The van der Waals surface area contributed by atoms with E-state index in [1.54, 1.807) is 30.2 Å². The second-order valence-electron chi connectivity index (χ2n) is 6.70. The van der Waals surface area contributed by atoms with Gasteiger partial charge in [0.25, 0.3) is 5.91 Å². The fourth-order valence-corrected chi connectivity index (χ4v) is 4.30. The lowest BCUT2D eigenvalue weighted by Crippen LogP contribution is -2.43. The van der Waals surface area contributed by atoms with Gasteiger partial charge < -0.3 is 24.7 Å². The normalized spacial score (nSPS) is 19.7. The van der Waals surface area contributed by atoms with Crippen LogP contribution < -0.4 is 9.64 Å². The molecule has 0 bridgehead atoms. The number of aromatic hydroxyl groups is 1. The van der Waals surface area contributed by atoms with Gasteiger partial charge in [-0.3, -0.25) is 4.79 Å². The molecule has 1 aliphatic rings. The van der Waals surface area contributed by atoms with Crippen molar-refractivity contribution in [1.82, 2.24) is 4.90 Å². The van der Waals surface area contributed by atoms with Gasteiger partial charge in [-0.05, 0) is 50.0 Å². The largest absolute Gasteiger partial charge is 0.508 e. The number of fused-ring (bicyclic) bond motifs is 1. The molecule has 2 N–H and O–H groups in total. The third-order valence-corrected chi connectivity index (χ3v) is 5.87. The van der Waals surface area contributed by atoms with Crippen molar-refractivity contribution in [3.8, 4) is 11.5 Å². The van der Waals surface area contributed by atoms with Crippen molar-refractivity contribution in [3.63, 3.8) is 0 Å². The standard InChI is InChI=1S/C20H24N2O4S/c1-21(2)10-11-22-16-9-6-14(23)12-17(16)27-19(18(24)20(22)25)13-4-7-15(26-3)8-5-13/h4-9,12,18-19,23-24H,10-11H2,1-3H3/t18-,19+/m1/s1. The Hall–Kier alpha value is -2.22. The van der Waals surface area contributed by atoms with Gasteiger partial charge in [-0.1, -0.05) is 12.1 Å². The van der Waals surface area contributed by atoms with Crippen LogP contribution in [-0.2, 0) is 4.79 Å². The van der Waals surface area contributed by atoms with Crippen molar-refractivity contribution < 1.29 is 19.7 Å². The van der Waals surface area contributed by atoms with E-state index in [4.69, 9.17) is 4.74 Å². The minimum Gasteiger partial charge on any atom is -0.508 e. The Balaban J connectivity index is 2.01. The van der Waals surface area contributed by atoms with Crippen molar-refractivity contribution in [1.29, 1.82) is 0 Å². The summed E-state index contributed by atoms with van der Waals surface area (Å²) in [5.74, 6) is 0.504. The van der Waals surface area contributed by atoms with Crippen LogP contribution in [0.4, 0.5) is 5.69 Å². The van der Waals surface area contributed by atoms with Gasteiger partial charge in [0.15, 0.2) is 0 Å². The maximum absolute atomic E-state index is 13.1. The first-order valence-electron chi connectivity index (χ1n) is 8.68. The number of methoxy groups -OCH3 is 1. The molecule has 0 fully saturated rings. The average Bonchev–Trinajstić information content (AvgIpc) is 2.75. The van der Waals surface area contributed by atoms with Gasteiger partial charge >= 0.3 is 0 Å². The van der Waals surface area contributed by atoms with E-state index in [0.717, 1.165) is 10.5 Å². The quantitative estimate of drug-likeness (QED) is 0.820. The predicted molar refractivity (Wildman–Crippen MR) is 107 cm³/mol. The van der Waals surface area contributed by atoms with E-state index in [2.05, 4.69) is 0 Å². The Labute approximate surface area is 163 Å². The van der Waals surface area contributed by atoms with E-state index in [9.17, 15) is 15.0 Å². The molecular formula is C20H24N2O4S. The Morgan fingerprint density at radius 2 is 1.89 bits per heavy atom. The molecule has 0 aromatic heterocycles. The Kier molecular flexibility index (Phi) is 5.94. The SMILES string of the molecule is COc1ccc([C@@H]2Sc3cc(O)ccc3N(CCN(C)C)C(=O)[C@@H]2O)cc1. The molecule has 27 heavy (non-hydrogen) atoms. The number of carbonyl (C=O) groups is 1. The number of phenolic OH excluding ortho intramolecular Hbond substituents is 1. The molecule has 2 aromatic rings. The molecule has 6 nitrogen and oxygen atoms in total. The summed E-state index contributed by atoms with van der Waals surface area (Å²) in [5.41, 5.74) is 1.53. The number of nitrogens with zero attached hydrogens (tertiary/aromatic N) is 2. The zero-order chi connectivity index (χ0) is 19.6. The minimum absolute atomic E-state index is 0.131. The molecule has 2 atom stereocenters. The third kappa shape index (κ3) is 4.21. The van der Waals surface area contributed by atoms with Crippen molar-refractivity contribution in [2.24, 2.45) is 0 Å². The van der Waals surface area contributed by atoms with Crippen LogP contribution in [0.3, 0.4) is 0 Å². The van der Waals surface area contributed by atoms with Gasteiger partial charge in [0, 0.05) is 18.0 Å². The lowest BCUT2D eigenvalue weighted by atomic mass is 10.1. The number of carbonyl (C=O) groups excluding carboxylic acids is 1. The molecule has 3 rings (SSSR count). The number of thioether (sulfide) groups is 1. The van der Waals surface area contributed by atoms with Crippen molar-refractivity contribution >= 4 is 23.4 Å². The molecule has 2 aromatic carbocycles. The summed E-state index contributed by atoms with van der Waals surface area (Å²) in [7, 11) is 5.46. The van der Waals surface area contributed by atoms with Gasteiger partial charge in [-0.25, -0.2) is 0 Å². The predicted octanol–water partition coefficient (Wildman–Crippen LogP) is 2.50. The van der Waals surface area contributed by atoms with Crippen LogP contribution in [0, 0.1) is 0 Å². The van der Waals surface area contributed by atoms with E-state index in [1.807, 2.05) is 43.3 Å². The summed E-state index contributed by atoms with van der Waals surface area (Å²) < 4.78 is 5.19. The molecule has 0 spiro atoms. The number of hydrogen-bond acceptors (Lipinski definition) is 6. The van der Waals surface area contributed by atoms with Gasteiger partial charge in [0.05, 0.1) is 18.0 Å². The monoisotopic (exact) mass is 388 g/mol. The summed E-state index contributed by atoms with van der Waals surface area (Å²) in [5, 5.41) is 20.3. The molecule has 0 unspecified atom stereocenters. The number of rotatable bonds is 5. The first-order valence-corrected chi connectivity index (χ1v) is 9.56. The highest BCUT2D eigenvalue weighted by Crippen LogP contribution is 2.46. The molecule has 0 radical (unpaired) electrons. The molecule has 144 valence electrons. The molecule has 0 aliphatic carbocycles. The lowest BCUT2D eigenvalue weighted by molar-refractivity contribution is -0.126. The number of benzene rings is 2. The zero-order valence-corrected chi connectivity index (χ0v) is 16.4. The summed E-state index contributed by atoms with van der Waals surface area (Å²) in [6, 6.07) is 12.3. The summed E-state index contributed by atoms with van der Waals surface area (Å²) in [6.45, 7) is 1.12. The Morgan fingerprint density at radius 1 is 1.19 bits per heavy atom. The number of phenols is 1. The first kappa shape index (κ1) is 19.5. The summed E-state index contributed by atoms with van der Waals surface area (Å²) in [4.78, 5) is 17.4. The maximum atomic E-state index is 13.1. The number of anilines is 1. The smallest absolute Gasteiger partial charge is 0.257 e. The van der Waals surface area contributed by atoms with Crippen LogP contribution in [0.5, 0.6) is 11.5 Å². The van der Waals surface area contributed by atoms with E-state index in [0.29, 0.717) is 24.5 Å². The lowest BCUT2D eigenvalue weighted by Gasteiger charge is -2.26. The van der Waals surface area contributed by atoms with Gasteiger partial charge in [-0.2, -0.15) is 0 Å². The number of aliphatic hydroxyl groups excluding tert-OH is 1. The van der Waals surface area contributed by atoms with Gasteiger partial charge in [0.2, 0.25) is 0 Å². The van der Waals surface area contributed by atoms with E-state index in [-0.39, 0.29) is 11.7 Å². The van der Waals surface area contributed by atoms with E-state index >= 15 is 0 Å². The van der Waals surface area contributed by atoms with Crippen molar-refractivity contribution in [2.75, 3.05) is 39.2 Å². The Bertz CT molecular complexity index is 810. The van der Waals surface area contributed by atoms with Crippen LogP contribution in [0.1, 0.15) is 10.8 Å². The number of hydrogen-bond donors (Lipinski definition) is 2. The number of ether oxygens (including phenoxy) is 1. The van der Waals surface area contributed by atoms with Crippen molar-refractivity contribution in [2.45, 2.75) is 16.2 Å². The number of likely N-dealkylation sites (N-methyl/N-ethyl adjacent to an activating group) is 1. The summed E-state index contributed by atoms with van der Waals surface area (Å²) in [6.07, 6.45) is -1.19. The van der Waals surface area contributed by atoms with Crippen LogP contribution in [0.15, 0.2) is 47.4 Å². The highest BCUT2D eigenvalue weighted by Gasteiger charge is 2.37.